The third-order valence-electron chi connectivity index (χ3n) is 2.19. The van der Waals surface area contributed by atoms with Crippen LogP contribution in [0.25, 0.3) is 0 Å². The van der Waals surface area contributed by atoms with Crippen molar-refractivity contribution in [3.8, 4) is 0 Å². The first-order valence-corrected chi connectivity index (χ1v) is 4.74. The van der Waals surface area contributed by atoms with Crippen molar-refractivity contribution in [2.24, 2.45) is 10.4 Å². The van der Waals surface area contributed by atoms with Crippen molar-refractivity contribution in [3.05, 3.63) is 48.7 Å². The smallest absolute Gasteiger partial charge is 0.0698 e. The highest BCUT2D eigenvalue weighted by Gasteiger charge is 2.22. The van der Waals surface area contributed by atoms with Crippen LogP contribution in [0, 0.1) is 5.41 Å². The second-order valence-electron chi connectivity index (χ2n) is 4.36. The van der Waals surface area contributed by atoms with Crippen LogP contribution >= 0.6 is 0 Å². The molecule has 0 heterocycles. The molecule has 0 aromatic heterocycles. The van der Waals surface area contributed by atoms with Crippen molar-refractivity contribution in [2.45, 2.75) is 20.8 Å². The lowest BCUT2D eigenvalue weighted by molar-refractivity contribution is 0.514. The highest BCUT2D eigenvalue weighted by Crippen LogP contribution is 2.33. The summed E-state index contributed by atoms with van der Waals surface area (Å²) in [5.74, 6) is 0. The zero-order chi connectivity index (χ0) is 10.8. The Morgan fingerprint density at radius 2 is 2.00 bits per heavy atom. The summed E-state index contributed by atoms with van der Waals surface area (Å²) >= 11 is 0. The topological polar surface area (TPSA) is 12.4 Å². The van der Waals surface area contributed by atoms with Crippen molar-refractivity contribution < 1.29 is 0 Å². The van der Waals surface area contributed by atoms with Crippen LogP contribution in [0.4, 0.5) is 0 Å². The fraction of sp³-hybridized carbons (Fsp3) is 0.308. The Morgan fingerprint density at radius 1 is 1.36 bits per heavy atom. The average Bonchev–Trinajstić information content (AvgIpc) is 2.07. The number of rotatable bonds is 1. The molecule has 0 aromatic carbocycles. The summed E-state index contributed by atoms with van der Waals surface area (Å²) in [5.41, 5.74) is 3.26. The van der Waals surface area contributed by atoms with Crippen molar-refractivity contribution in [3.63, 3.8) is 0 Å². The predicted octanol–water partition coefficient (Wildman–Crippen LogP) is 3.67. The van der Waals surface area contributed by atoms with E-state index in [9.17, 15) is 0 Å². The maximum absolute atomic E-state index is 4.18. The summed E-state index contributed by atoms with van der Waals surface area (Å²) in [5, 5.41) is 0. The van der Waals surface area contributed by atoms with Gasteiger partial charge in [0.2, 0.25) is 0 Å². The molecule has 1 nitrogen and oxygen atoms in total. The molecular formula is C13H17N. The molecule has 0 N–H and O–H groups in total. The maximum atomic E-state index is 4.18. The van der Waals surface area contributed by atoms with E-state index < -0.39 is 0 Å². The van der Waals surface area contributed by atoms with Gasteiger partial charge in [0.15, 0.2) is 0 Å². The third-order valence-corrected chi connectivity index (χ3v) is 2.19. The normalized spacial score (nSPS) is 19.8. The molecule has 0 saturated heterocycles. The lowest BCUT2D eigenvalue weighted by Crippen LogP contribution is -2.17. The van der Waals surface area contributed by atoms with E-state index in [0.29, 0.717) is 0 Å². The van der Waals surface area contributed by atoms with Gasteiger partial charge < -0.3 is 0 Å². The summed E-state index contributed by atoms with van der Waals surface area (Å²) in [6, 6.07) is 0. The van der Waals surface area contributed by atoms with Gasteiger partial charge in [-0.3, -0.25) is 4.99 Å². The molecule has 1 aliphatic carbocycles. The average molecular weight is 187 g/mol. The third kappa shape index (κ3) is 2.11. The molecule has 0 aliphatic heterocycles. The van der Waals surface area contributed by atoms with Crippen LogP contribution in [-0.2, 0) is 0 Å². The molecule has 0 aromatic rings. The first-order chi connectivity index (χ1) is 6.46. The molecule has 1 heteroatoms. The van der Waals surface area contributed by atoms with Crippen LogP contribution in [0.3, 0.4) is 0 Å². The number of aliphatic imine (C=N–C) groups is 1. The molecule has 0 atom stereocenters. The van der Waals surface area contributed by atoms with Gasteiger partial charge in [-0.15, -0.1) is 0 Å². The van der Waals surface area contributed by atoms with Crippen LogP contribution in [0.15, 0.2) is 53.7 Å². The second kappa shape index (κ2) is 3.79. The number of allylic oxidation sites excluding steroid dienone is 5. The van der Waals surface area contributed by atoms with E-state index in [1.54, 1.807) is 6.20 Å². The van der Waals surface area contributed by atoms with Gasteiger partial charge in [-0.05, 0) is 22.6 Å². The van der Waals surface area contributed by atoms with Crippen molar-refractivity contribution >= 4 is 5.71 Å². The Kier molecular flexibility index (Phi) is 2.90. The maximum Gasteiger partial charge on any atom is 0.0698 e. The quantitative estimate of drug-likeness (QED) is 0.594. The fourth-order valence-electron chi connectivity index (χ4n) is 1.50. The zero-order valence-electron chi connectivity index (χ0n) is 9.17. The van der Waals surface area contributed by atoms with E-state index in [1.807, 2.05) is 12.2 Å². The molecule has 0 radical (unpaired) electrons. The van der Waals surface area contributed by atoms with Crippen molar-refractivity contribution in [1.29, 1.82) is 0 Å². The SMILES string of the molecule is C=CN=C1C=CC=C(C(C)(C)C)C1=C. The van der Waals surface area contributed by atoms with Gasteiger partial charge in [-0.25, -0.2) is 0 Å². The summed E-state index contributed by atoms with van der Waals surface area (Å²) in [7, 11) is 0. The van der Waals surface area contributed by atoms with E-state index in [-0.39, 0.29) is 5.41 Å². The van der Waals surface area contributed by atoms with Crippen LogP contribution in [0.2, 0.25) is 0 Å². The van der Waals surface area contributed by atoms with Gasteiger partial charge in [-0.2, -0.15) is 0 Å². The summed E-state index contributed by atoms with van der Waals surface area (Å²) in [4.78, 5) is 4.18. The van der Waals surface area contributed by atoms with E-state index >= 15 is 0 Å². The monoisotopic (exact) mass is 187 g/mol. The molecule has 74 valence electrons. The lowest BCUT2D eigenvalue weighted by Gasteiger charge is -2.26. The molecule has 0 spiro atoms. The molecule has 0 saturated carbocycles. The number of hydrogen-bond donors (Lipinski definition) is 0. The first kappa shape index (κ1) is 10.7. The van der Waals surface area contributed by atoms with Crippen molar-refractivity contribution in [2.75, 3.05) is 0 Å². The molecule has 0 fully saturated rings. The number of nitrogens with zero attached hydrogens (tertiary/aromatic N) is 1. The Hall–Kier alpha value is -1.37. The summed E-state index contributed by atoms with van der Waals surface area (Å²) in [6.07, 6.45) is 7.62. The minimum atomic E-state index is 0.115. The minimum Gasteiger partial charge on any atom is -0.257 e. The largest absolute Gasteiger partial charge is 0.257 e. The van der Waals surface area contributed by atoms with Crippen LogP contribution in [0.1, 0.15) is 20.8 Å². The molecule has 0 amide bonds. The van der Waals surface area contributed by atoms with Crippen LogP contribution < -0.4 is 0 Å². The van der Waals surface area contributed by atoms with Gasteiger partial charge in [0.1, 0.15) is 0 Å². The summed E-state index contributed by atoms with van der Waals surface area (Å²) < 4.78 is 0. The Bertz CT molecular complexity index is 346. The fourth-order valence-corrected chi connectivity index (χ4v) is 1.50. The molecule has 0 bridgehead atoms. The van der Waals surface area contributed by atoms with E-state index in [2.05, 4.69) is 45.0 Å². The highest BCUT2D eigenvalue weighted by molar-refractivity contribution is 6.12. The van der Waals surface area contributed by atoms with Crippen molar-refractivity contribution in [1.82, 2.24) is 0 Å². The van der Waals surface area contributed by atoms with Crippen LogP contribution in [0.5, 0.6) is 0 Å². The molecule has 1 rings (SSSR count). The van der Waals surface area contributed by atoms with Gasteiger partial charge in [0.25, 0.3) is 0 Å². The van der Waals surface area contributed by atoms with E-state index in [1.165, 1.54) is 5.57 Å². The molecular weight excluding hydrogens is 170 g/mol. The molecule has 14 heavy (non-hydrogen) atoms. The zero-order valence-corrected chi connectivity index (χ0v) is 9.17. The first-order valence-electron chi connectivity index (χ1n) is 4.74. The van der Waals surface area contributed by atoms with Gasteiger partial charge in [0.05, 0.1) is 5.71 Å². The summed E-state index contributed by atoms with van der Waals surface area (Å²) in [6.45, 7) is 14.2. The highest BCUT2D eigenvalue weighted by atomic mass is 14.7. The second-order valence-corrected chi connectivity index (χ2v) is 4.36. The standard InChI is InChI=1S/C13H17N/c1-6-14-12-9-7-8-11(10(12)2)13(3,4)5/h6-9H,1-2H2,3-5H3. The van der Waals surface area contributed by atoms with Crippen LogP contribution in [-0.4, -0.2) is 5.71 Å². The van der Waals surface area contributed by atoms with Gasteiger partial charge in [0, 0.05) is 6.20 Å². The molecule has 0 unspecified atom stereocenters. The van der Waals surface area contributed by atoms with E-state index in [0.717, 1.165) is 11.3 Å². The molecule has 1 aliphatic rings. The Morgan fingerprint density at radius 3 is 2.50 bits per heavy atom. The predicted molar refractivity (Wildman–Crippen MR) is 63.5 cm³/mol. The lowest BCUT2D eigenvalue weighted by atomic mass is 9.79. The van der Waals surface area contributed by atoms with Gasteiger partial charge in [-0.1, -0.05) is 46.1 Å². The Labute approximate surface area is 86.2 Å². The minimum absolute atomic E-state index is 0.115. The van der Waals surface area contributed by atoms with Gasteiger partial charge >= 0.3 is 0 Å². The number of hydrogen-bond acceptors (Lipinski definition) is 1. The Balaban J connectivity index is 3.09. The van der Waals surface area contributed by atoms with E-state index in [4.69, 9.17) is 0 Å².